The Bertz CT molecular complexity index is 859. The first-order valence-electron chi connectivity index (χ1n) is 8.04. The average molecular weight is 355 g/mol. The smallest absolute Gasteiger partial charge is 0.489 e. The number of nitrogens with zero attached hydrogens (tertiary/aromatic N) is 1. The van der Waals surface area contributed by atoms with Crippen LogP contribution in [-0.4, -0.2) is 29.6 Å². The van der Waals surface area contributed by atoms with Gasteiger partial charge in [0.25, 0.3) is 11.8 Å². The van der Waals surface area contributed by atoms with Crippen LogP contribution in [0.25, 0.3) is 10.8 Å². The lowest BCUT2D eigenvalue weighted by molar-refractivity contribution is -0.177. The SMILES string of the molecule is C=CCOc1cc2ccccc2cc1COC(=O)ON1C(=O)CCC1=O. The zero-order valence-corrected chi connectivity index (χ0v) is 14.0. The number of hydroxylamine groups is 2. The lowest BCUT2D eigenvalue weighted by Crippen LogP contribution is -2.32. The van der Waals surface area contributed by atoms with Crippen LogP contribution in [0.4, 0.5) is 4.79 Å². The van der Waals surface area contributed by atoms with E-state index >= 15 is 0 Å². The first kappa shape index (κ1) is 17.5. The molecule has 0 bridgehead atoms. The molecule has 0 aromatic heterocycles. The van der Waals surface area contributed by atoms with Crippen molar-refractivity contribution in [3.8, 4) is 5.75 Å². The Kier molecular flexibility index (Phi) is 5.17. The molecule has 2 amide bonds. The van der Waals surface area contributed by atoms with Crippen LogP contribution < -0.4 is 4.74 Å². The van der Waals surface area contributed by atoms with Crippen LogP contribution in [0.2, 0.25) is 0 Å². The molecule has 0 spiro atoms. The largest absolute Gasteiger partial charge is 0.534 e. The number of ether oxygens (including phenoxy) is 2. The lowest BCUT2D eigenvalue weighted by Gasteiger charge is -2.14. The number of fused-ring (bicyclic) bond motifs is 1. The topological polar surface area (TPSA) is 82.1 Å². The maximum Gasteiger partial charge on any atom is 0.534 e. The molecule has 134 valence electrons. The van der Waals surface area contributed by atoms with Crippen molar-refractivity contribution in [3.63, 3.8) is 0 Å². The van der Waals surface area contributed by atoms with E-state index in [2.05, 4.69) is 11.4 Å². The van der Waals surface area contributed by atoms with Crippen molar-refractivity contribution >= 4 is 28.7 Å². The van der Waals surface area contributed by atoms with Crippen molar-refractivity contribution in [1.29, 1.82) is 0 Å². The molecule has 26 heavy (non-hydrogen) atoms. The van der Waals surface area contributed by atoms with Crippen LogP contribution in [0.3, 0.4) is 0 Å². The van der Waals surface area contributed by atoms with Gasteiger partial charge in [-0.1, -0.05) is 42.0 Å². The van der Waals surface area contributed by atoms with E-state index in [0.717, 1.165) is 10.8 Å². The van der Waals surface area contributed by atoms with Gasteiger partial charge in [-0.25, -0.2) is 4.79 Å². The Balaban J connectivity index is 1.72. The molecule has 2 aromatic carbocycles. The van der Waals surface area contributed by atoms with Crippen LogP contribution >= 0.6 is 0 Å². The molecule has 1 aliphatic rings. The maximum absolute atomic E-state index is 11.8. The van der Waals surface area contributed by atoms with E-state index in [1.165, 1.54) is 0 Å². The molecule has 1 saturated heterocycles. The lowest BCUT2D eigenvalue weighted by atomic mass is 10.1. The number of carbonyl (C=O) groups excluding carboxylic acids is 3. The quantitative estimate of drug-likeness (QED) is 0.450. The minimum absolute atomic E-state index is 0.0241. The fourth-order valence-corrected chi connectivity index (χ4v) is 2.56. The molecule has 0 saturated carbocycles. The highest BCUT2D eigenvalue weighted by Gasteiger charge is 2.33. The number of imide groups is 1. The monoisotopic (exact) mass is 355 g/mol. The molecule has 0 N–H and O–H groups in total. The number of carbonyl (C=O) groups is 3. The van der Waals surface area contributed by atoms with E-state index in [4.69, 9.17) is 9.47 Å². The molecule has 1 aliphatic heterocycles. The molecule has 7 nitrogen and oxygen atoms in total. The minimum atomic E-state index is -1.13. The molecule has 0 unspecified atom stereocenters. The summed E-state index contributed by atoms with van der Waals surface area (Å²) in [5.41, 5.74) is 0.626. The number of hydrogen-bond donors (Lipinski definition) is 0. The second kappa shape index (κ2) is 7.69. The van der Waals surface area contributed by atoms with Gasteiger partial charge in [0.1, 0.15) is 19.0 Å². The fraction of sp³-hybridized carbons (Fsp3) is 0.211. The molecule has 0 atom stereocenters. The van der Waals surface area contributed by atoms with Gasteiger partial charge in [0.15, 0.2) is 0 Å². The third-order valence-corrected chi connectivity index (χ3v) is 3.80. The van der Waals surface area contributed by atoms with Gasteiger partial charge in [-0.3, -0.25) is 14.4 Å². The normalized spacial score (nSPS) is 13.8. The van der Waals surface area contributed by atoms with Crippen LogP contribution in [0.5, 0.6) is 5.75 Å². The van der Waals surface area contributed by atoms with Crippen molar-refractivity contribution in [2.24, 2.45) is 0 Å². The third kappa shape index (κ3) is 3.83. The zero-order chi connectivity index (χ0) is 18.5. The van der Waals surface area contributed by atoms with E-state index < -0.39 is 18.0 Å². The third-order valence-electron chi connectivity index (χ3n) is 3.80. The van der Waals surface area contributed by atoms with Crippen molar-refractivity contribution in [1.82, 2.24) is 5.06 Å². The van der Waals surface area contributed by atoms with E-state index in [0.29, 0.717) is 23.0 Å². The highest BCUT2D eigenvalue weighted by atomic mass is 16.8. The highest BCUT2D eigenvalue weighted by molar-refractivity contribution is 6.01. The summed E-state index contributed by atoms with van der Waals surface area (Å²) in [6.45, 7) is 3.78. The van der Waals surface area contributed by atoms with Gasteiger partial charge in [0.05, 0.1) is 0 Å². The van der Waals surface area contributed by atoms with Gasteiger partial charge in [0, 0.05) is 18.4 Å². The van der Waals surface area contributed by atoms with E-state index in [9.17, 15) is 14.4 Å². The number of rotatable bonds is 6. The first-order chi connectivity index (χ1) is 12.6. The van der Waals surface area contributed by atoms with Crippen LogP contribution in [0.1, 0.15) is 18.4 Å². The van der Waals surface area contributed by atoms with E-state index in [1.54, 1.807) is 6.08 Å². The molecule has 0 radical (unpaired) electrons. The van der Waals surface area contributed by atoms with Gasteiger partial charge in [-0.2, -0.15) is 0 Å². The standard InChI is InChI=1S/C19H17NO6/c1-2-9-24-16-11-14-6-4-3-5-13(14)10-15(16)12-25-19(23)26-20-17(21)7-8-18(20)22/h2-6,10-11H,1,7-9,12H2. The summed E-state index contributed by atoms with van der Waals surface area (Å²) in [6, 6.07) is 11.4. The summed E-state index contributed by atoms with van der Waals surface area (Å²) in [4.78, 5) is 39.4. The van der Waals surface area contributed by atoms with Gasteiger partial charge in [0.2, 0.25) is 0 Å². The van der Waals surface area contributed by atoms with Crippen molar-refractivity contribution in [2.75, 3.05) is 6.61 Å². The molecule has 1 fully saturated rings. The van der Waals surface area contributed by atoms with Crippen LogP contribution in [-0.2, 0) is 25.8 Å². The van der Waals surface area contributed by atoms with Crippen molar-refractivity contribution in [3.05, 3.63) is 54.6 Å². The predicted molar refractivity (Wildman–Crippen MR) is 92.0 cm³/mol. The second-order valence-corrected chi connectivity index (χ2v) is 5.62. The summed E-state index contributed by atoms with van der Waals surface area (Å²) in [7, 11) is 0. The Morgan fingerprint density at radius 3 is 2.42 bits per heavy atom. The molecule has 3 rings (SSSR count). The van der Waals surface area contributed by atoms with Crippen LogP contribution in [0.15, 0.2) is 49.1 Å². The maximum atomic E-state index is 11.8. The predicted octanol–water partition coefficient (Wildman–Crippen LogP) is 3.12. The molecule has 0 aliphatic carbocycles. The summed E-state index contributed by atoms with van der Waals surface area (Å²) in [6.07, 6.45) is 0.530. The van der Waals surface area contributed by atoms with Gasteiger partial charge < -0.3 is 9.47 Å². The van der Waals surface area contributed by atoms with E-state index in [1.807, 2.05) is 36.4 Å². The zero-order valence-electron chi connectivity index (χ0n) is 14.0. The Morgan fingerprint density at radius 1 is 1.12 bits per heavy atom. The Labute approximate surface area is 149 Å². The Hall–Kier alpha value is -3.35. The first-order valence-corrected chi connectivity index (χ1v) is 8.04. The number of amides is 2. The summed E-state index contributed by atoms with van der Waals surface area (Å²) in [5, 5.41) is 2.37. The van der Waals surface area contributed by atoms with E-state index in [-0.39, 0.29) is 19.4 Å². The summed E-state index contributed by atoms with van der Waals surface area (Å²) >= 11 is 0. The van der Waals surface area contributed by atoms with Gasteiger partial charge in [-0.15, -0.1) is 0 Å². The van der Waals surface area contributed by atoms with Gasteiger partial charge >= 0.3 is 6.16 Å². The van der Waals surface area contributed by atoms with Crippen LogP contribution in [0, 0.1) is 0 Å². The number of benzene rings is 2. The average Bonchev–Trinajstić information content (AvgIpc) is 2.96. The molecule has 7 heteroatoms. The summed E-state index contributed by atoms with van der Waals surface area (Å²) < 4.78 is 10.7. The number of hydrogen-bond acceptors (Lipinski definition) is 6. The fourth-order valence-electron chi connectivity index (χ4n) is 2.56. The second-order valence-electron chi connectivity index (χ2n) is 5.62. The molecular weight excluding hydrogens is 338 g/mol. The van der Waals surface area contributed by atoms with Gasteiger partial charge in [-0.05, 0) is 22.9 Å². The van der Waals surface area contributed by atoms with Crippen molar-refractivity contribution in [2.45, 2.75) is 19.4 Å². The molecular formula is C19H17NO6. The Morgan fingerprint density at radius 2 is 1.77 bits per heavy atom. The highest BCUT2D eigenvalue weighted by Crippen LogP contribution is 2.27. The molecule has 1 heterocycles. The molecule has 2 aromatic rings. The summed E-state index contributed by atoms with van der Waals surface area (Å²) in [5.74, 6) is -0.579. The minimum Gasteiger partial charge on any atom is -0.489 e. The van der Waals surface area contributed by atoms with Crippen molar-refractivity contribution < 1.29 is 28.7 Å².